The third-order valence-electron chi connectivity index (χ3n) is 5.42. The first-order valence-electron chi connectivity index (χ1n) is 11.0. The summed E-state index contributed by atoms with van der Waals surface area (Å²) in [6, 6.07) is 21.0. The van der Waals surface area contributed by atoms with Crippen molar-refractivity contribution in [1.29, 1.82) is 0 Å². The molecule has 174 valence electrons. The molecule has 0 bridgehead atoms. The van der Waals surface area contributed by atoms with Crippen molar-refractivity contribution in [2.24, 2.45) is 0 Å². The first-order chi connectivity index (χ1) is 16.5. The number of benzene rings is 3. The summed E-state index contributed by atoms with van der Waals surface area (Å²) >= 11 is 0. The maximum absolute atomic E-state index is 13.0. The molecule has 3 aromatic carbocycles. The third-order valence-corrected chi connectivity index (χ3v) is 5.42. The molecule has 0 fully saturated rings. The first-order valence-corrected chi connectivity index (χ1v) is 11.0. The smallest absolute Gasteiger partial charge is 0.338 e. The largest absolute Gasteiger partial charge is 0.497 e. The summed E-state index contributed by atoms with van der Waals surface area (Å²) < 4.78 is 16.5. The fourth-order valence-electron chi connectivity index (χ4n) is 3.70. The summed E-state index contributed by atoms with van der Waals surface area (Å²) in [5, 5.41) is 5.62. The minimum absolute atomic E-state index is 0.211. The van der Waals surface area contributed by atoms with Gasteiger partial charge in [-0.2, -0.15) is 0 Å². The van der Waals surface area contributed by atoms with E-state index in [-0.39, 0.29) is 6.61 Å². The van der Waals surface area contributed by atoms with E-state index in [2.05, 4.69) is 10.6 Å². The number of methoxy groups -OCH3 is 1. The number of nitrogens with one attached hydrogen (secondary N) is 2. The molecule has 1 aliphatic rings. The average Bonchev–Trinajstić information content (AvgIpc) is 2.85. The second-order valence-electron chi connectivity index (χ2n) is 7.75. The lowest BCUT2D eigenvalue weighted by atomic mass is 9.92. The molecule has 2 amide bonds. The molecule has 1 atom stereocenters. The molecule has 0 aliphatic carbocycles. The van der Waals surface area contributed by atoms with Crippen LogP contribution < -0.4 is 20.1 Å². The fraction of sp³-hybridized carbons (Fsp3) is 0.185. The van der Waals surface area contributed by atoms with E-state index in [1.54, 1.807) is 50.4 Å². The molecular formula is C27H26N2O5. The standard InChI is InChI=1S/C27H26N2O5/c1-4-33-26(30)23-24(18-7-13-20(32-3)14-8-18)28-27(31)29-25(23)19-9-15-22(16-10-19)34-21-11-5-17(2)6-12-21/h5-16,25H,4H2,1-3H3,(H2,28,29,31). The lowest BCUT2D eigenvalue weighted by Gasteiger charge is -2.29. The Kier molecular flexibility index (Phi) is 6.82. The molecule has 0 saturated heterocycles. The molecule has 0 saturated carbocycles. The number of amides is 2. The number of ether oxygens (including phenoxy) is 3. The van der Waals surface area contributed by atoms with Gasteiger partial charge in [0.05, 0.1) is 31.0 Å². The molecule has 1 unspecified atom stereocenters. The Morgan fingerprint density at radius 1 is 0.882 bits per heavy atom. The number of hydrogen-bond acceptors (Lipinski definition) is 5. The summed E-state index contributed by atoms with van der Waals surface area (Å²) in [6.45, 7) is 3.97. The van der Waals surface area contributed by atoms with Gasteiger partial charge in [-0.3, -0.25) is 0 Å². The summed E-state index contributed by atoms with van der Waals surface area (Å²) in [5.41, 5.74) is 3.26. The van der Waals surface area contributed by atoms with Crippen molar-refractivity contribution >= 4 is 17.7 Å². The highest BCUT2D eigenvalue weighted by molar-refractivity contribution is 6.04. The van der Waals surface area contributed by atoms with E-state index < -0.39 is 18.0 Å². The second kappa shape index (κ2) is 10.1. The fourth-order valence-corrected chi connectivity index (χ4v) is 3.70. The van der Waals surface area contributed by atoms with E-state index in [1.807, 2.05) is 43.3 Å². The number of carbonyl (C=O) groups is 2. The van der Waals surface area contributed by atoms with Crippen molar-refractivity contribution in [2.45, 2.75) is 19.9 Å². The molecule has 4 rings (SSSR count). The van der Waals surface area contributed by atoms with Gasteiger partial charge in [0.1, 0.15) is 17.2 Å². The van der Waals surface area contributed by atoms with Gasteiger partial charge in [0.15, 0.2) is 0 Å². The van der Waals surface area contributed by atoms with Crippen LogP contribution in [0.15, 0.2) is 78.4 Å². The molecule has 0 radical (unpaired) electrons. The summed E-state index contributed by atoms with van der Waals surface area (Å²) in [7, 11) is 1.58. The summed E-state index contributed by atoms with van der Waals surface area (Å²) in [5.74, 6) is 1.53. The van der Waals surface area contributed by atoms with Crippen LogP contribution in [0, 0.1) is 6.92 Å². The van der Waals surface area contributed by atoms with Crippen molar-refractivity contribution < 1.29 is 23.8 Å². The molecule has 1 aliphatic heterocycles. The van der Waals surface area contributed by atoms with Crippen molar-refractivity contribution in [3.8, 4) is 17.2 Å². The Morgan fingerprint density at radius 2 is 1.47 bits per heavy atom. The lowest BCUT2D eigenvalue weighted by molar-refractivity contribution is -0.138. The van der Waals surface area contributed by atoms with Crippen LogP contribution in [-0.2, 0) is 9.53 Å². The minimum Gasteiger partial charge on any atom is -0.497 e. The van der Waals surface area contributed by atoms with Gasteiger partial charge in [-0.1, -0.05) is 29.8 Å². The molecule has 2 N–H and O–H groups in total. The third kappa shape index (κ3) is 5.04. The maximum Gasteiger partial charge on any atom is 0.338 e. The zero-order valence-electron chi connectivity index (χ0n) is 19.3. The van der Waals surface area contributed by atoms with Crippen LogP contribution in [0.2, 0.25) is 0 Å². The maximum atomic E-state index is 13.0. The number of aryl methyl sites for hydroxylation is 1. The number of esters is 1. The van der Waals surface area contributed by atoms with E-state index >= 15 is 0 Å². The van der Waals surface area contributed by atoms with Gasteiger partial charge < -0.3 is 24.8 Å². The minimum atomic E-state index is -0.696. The van der Waals surface area contributed by atoms with Gasteiger partial charge in [0.2, 0.25) is 0 Å². The van der Waals surface area contributed by atoms with Crippen molar-refractivity contribution in [2.75, 3.05) is 13.7 Å². The van der Waals surface area contributed by atoms with Crippen LogP contribution in [-0.4, -0.2) is 25.7 Å². The SMILES string of the molecule is CCOC(=O)C1=C(c2ccc(OC)cc2)NC(=O)NC1c1ccc(Oc2ccc(C)cc2)cc1. The molecule has 7 heteroatoms. The van der Waals surface area contributed by atoms with Gasteiger partial charge in [-0.15, -0.1) is 0 Å². The zero-order chi connectivity index (χ0) is 24.1. The highest BCUT2D eigenvalue weighted by atomic mass is 16.5. The van der Waals surface area contributed by atoms with Crippen molar-refractivity contribution in [3.05, 3.63) is 95.1 Å². The highest BCUT2D eigenvalue weighted by Crippen LogP contribution is 2.33. The average molecular weight is 459 g/mol. The van der Waals surface area contributed by atoms with Crippen molar-refractivity contribution in [3.63, 3.8) is 0 Å². The van der Waals surface area contributed by atoms with E-state index in [4.69, 9.17) is 14.2 Å². The molecule has 7 nitrogen and oxygen atoms in total. The quantitative estimate of drug-likeness (QED) is 0.480. The van der Waals surface area contributed by atoms with Crippen LogP contribution >= 0.6 is 0 Å². The van der Waals surface area contributed by atoms with Gasteiger partial charge in [-0.25, -0.2) is 9.59 Å². The molecule has 0 aromatic heterocycles. The van der Waals surface area contributed by atoms with E-state index in [9.17, 15) is 9.59 Å². The zero-order valence-corrected chi connectivity index (χ0v) is 19.3. The molecule has 1 heterocycles. The first kappa shape index (κ1) is 22.9. The monoisotopic (exact) mass is 458 g/mol. The van der Waals surface area contributed by atoms with Crippen LogP contribution in [0.5, 0.6) is 17.2 Å². The number of hydrogen-bond donors (Lipinski definition) is 2. The highest BCUT2D eigenvalue weighted by Gasteiger charge is 2.34. The van der Waals surface area contributed by atoms with Gasteiger partial charge in [0.25, 0.3) is 0 Å². The van der Waals surface area contributed by atoms with Crippen LogP contribution in [0.25, 0.3) is 5.70 Å². The van der Waals surface area contributed by atoms with Gasteiger partial charge in [0, 0.05) is 0 Å². The number of carbonyl (C=O) groups excluding carboxylic acids is 2. The van der Waals surface area contributed by atoms with Crippen LogP contribution in [0.1, 0.15) is 29.7 Å². The van der Waals surface area contributed by atoms with Crippen molar-refractivity contribution in [1.82, 2.24) is 10.6 Å². The Balaban J connectivity index is 1.69. The number of urea groups is 1. The van der Waals surface area contributed by atoms with Crippen LogP contribution in [0.3, 0.4) is 0 Å². The molecule has 34 heavy (non-hydrogen) atoms. The van der Waals surface area contributed by atoms with E-state index in [0.29, 0.717) is 28.3 Å². The Morgan fingerprint density at radius 3 is 2.06 bits per heavy atom. The number of rotatable bonds is 7. The Hall–Kier alpha value is -4.26. The van der Waals surface area contributed by atoms with Gasteiger partial charge in [-0.05, 0) is 73.5 Å². The second-order valence-corrected chi connectivity index (χ2v) is 7.75. The Bertz CT molecular complexity index is 1200. The predicted octanol–water partition coefficient (Wildman–Crippen LogP) is 5.12. The summed E-state index contributed by atoms with van der Waals surface area (Å²) in [6.07, 6.45) is 0. The topological polar surface area (TPSA) is 85.9 Å². The predicted molar refractivity (Wildman–Crippen MR) is 129 cm³/mol. The van der Waals surface area contributed by atoms with E-state index in [0.717, 1.165) is 16.9 Å². The van der Waals surface area contributed by atoms with Gasteiger partial charge >= 0.3 is 12.0 Å². The van der Waals surface area contributed by atoms with Crippen LogP contribution in [0.4, 0.5) is 4.79 Å². The van der Waals surface area contributed by atoms with E-state index in [1.165, 1.54) is 0 Å². The molecule has 0 spiro atoms. The summed E-state index contributed by atoms with van der Waals surface area (Å²) in [4.78, 5) is 25.6. The molecule has 3 aromatic rings. The lowest BCUT2D eigenvalue weighted by Crippen LogP contribution is -2.45. The normalized spacial score (nSPS) is 15.3. The molecular weight excluding hydrogens is 432 g/mol. The Labute approximate surface area is 198 Å².